The molecular formula is C21H24F2N2O3S. The van der Waals surface area contributed by atoms with Gasteiger partial charge in [0.25, 0.3) is 0 Å². The number of carbonyl (C=O) groups excluding carboxylic acids is 1. The Balaban J connectivity index is 1.43. The van der Waals surface area contributed by atoms with Crippen LogP contribution in [0.2, 0.25) is 0 Å². The van der Waals surface area contributed by atoms with Gasteiger partial charge in [0.15, 0.2) is 0 Å². The van der Waals surface area contributed by atoms with Crippen LogP contribution in [0.1, 0.15) is 31.2 Å². The third kappa shape index (κ3) is 5.61. The van der Waals surface area contributed by atoms with E-state index in [1.54, 1.807) is 12.1 Å². The van der Waals surface area contributed by atoms with E-state index in [9.17, 15) is 22.0 Å². The van der Waals surface area contributed by atoms with Crippen LogP contribution in [0.5, 0.6) is 0 Å². The summed E-state index contributed by atoms with van der Waals surface area (Å²) in [5, 5.41) is 2.81. The molecule has 0 atom stereocenters. The molecule has 0 aliphatic carbocycles. The highest BCUT2D eigenvalue weighted by molar-refractivity contribution is 7.89. The van der Waals surface area contributed by atoms with E-state index < -0.39 is 15.8 Å². The van der Waals surface area contributed by atoms with Crippen molar-refractivity contribution in [3.05, 3.63) is 65.7 Å². The summed E-state index contributed by atoms with van der Waals surface area (Å²) in [6.07, 6.45) is 2.30. The van der Waals surface area contributed by atoms with E-state index in [0.29, 0.717) is 45.3 Å². The molecule has 0 radical (unpaired) electrons. The van der Waals surface area contributed by atoms with E-state index in [1.807, 2.05) is 0 Å². The number of nitrogens with zero attached hydrogens (tertiary/aromatic N) is 1. The number of hydrogen-bond donors (Lipinski definition) is 1. The van der Waals surface area contributed by atoms with Crippen LogP contribution >= 0.6 is 0 Å². The zero-order valence-electron chi connectivity index (χ0n) is 16.0. The van der Waals surface area contributed by atoms with E-state index in [-0.39, 0.29) is 22.5 Å². The van der Waals surface area contributed by atoms with Crippen LogP contribution < -0.4 is 5.32 Å². The fourth-order valence-corrected chi connectivity index (χ4v) is 4.99. The van der Waals surface area contributed by atoms with Crippen LogP contribution in [0.4, 0.5) is 8.78 Å². The maximum absolute atomic E-state index is 13.9. The zero-order chi connectivity index (χ0) is 20.9. The summed E-state index contributed by atoms with van der Waals surface area (Å²) in [7, 11) is -3.84. The molecule has 1 aliphatic heterocycles. The van der Waals surface area contributed by atoms with Crippen molar-refractivity contribution in [1.82, 2.24) is 9.62 Å². The first-order chi connectivity index (χ1) is 13.9. The molecular weight excluding hydrogens is 398 g/mol. The van der Waals surface area contributed by atoms with E-state index in [2.05, 4.69) is 5.32 Å². The first-order valence-electron chi connectivity index (χ1n) is 9.62. The van der Waals surface area contributed by atoms with Gasteiger partial charge in [0.05, 0.1) is 0 Å². The molecule has 1 fully saturated rings. The van der Waals surface area contributed by atoms with Gasteiger partial charge in [-0.2, -0.15) is 4.31 Å². The molecule has 1 saturated heterocycles. The second-order valence-electron chi connectivity index (χ2n) is 7.22. The fourth-order valence-electron chi connectivity index (χ4n) is 3.46. The van der Waals surface area contributed by atoms with Gasteiger partial charge in [-0.3, -0.25) is 4.79 Å². The molecule has 0 saturated carbocycles. The molecule has 5 nitrogen and oxygen atoms in total. The van der Waals surface area contributed by atoms with Gasteiger partial charge in [-0.25, -0.2) is 17.2 Å². The van der Waals surface area contributed by atoms with Gasteiger partial charge in [0.2, 0.25) is 15.9 Å². The zero-order valence-corrected chi connectivity index (χ0v) is 16.8. The molecule has 0 unspecified atom stereocenters. The summed E-state index contributed by atoms with van der Waals surface area (Å²) in [5.74, 6) is -0.898. The van der Waals surface area contributed by atoms with Crippen molar-refractivity contribution < 1.29 is 22.0 Å². The molecule has 8 heteroatoms. The molecule has 3 rings (SSSR count). The fraction of sp³-hybridized carbons (Fsp3) is 0.381. The summed E-state index contributed by atoms with van der Waals surface area (Å²) in [4.78, 5) is 11.7. The summed E-state index contributed by atoms with van der Waals surface area (Å²) < 4.78 is 53.3. The largest absolute Gasteiger partial charge is 0.352 e. The van der Waals surface area contributed by atoms with Crippen LogP contribution in [0.25, 0.3) is 0 Å². The summed E-state index contributed by atoms with van der Waals surface area (Å²) in [6, 6.07) is 11.3. The maximum atomic E-state index is 13.9. The summed E-state index contributed by atoms with van der Waals surface area (Å²) in [6.45, 7) is 0.982. The molecule has 2 aromatic carbocycles. The number of nitrogens with one attached hydrogen (secondary N) is 1. The average molecular weight is 422 g/mol. The van der Waals surface area contributed by atoms with Gasteiger partial charge in [-0.15, -0.1) is 0 Å². The lowest BCUT2D eigenvalue weighted by molar-refractivity contribution is -0.121. The Morgan fingerprint density at radius 1 is 1.03 bits per heavy atom. The number of rotatable bonds is 7. The van der Waals surface area contributed by atoms with Gasteiger partial charge in [-0.05, 0) is 55.0 Å². The Labute approximate surface area is 169 Å². The molecule has 29 heavy (non-hydrogen) atoms. The summed E-state index contributed by atoms with van der Waals surface area (Å²) >= 11 is 0. The lowest BCUT2D eigenvalue weighted by Gasteiger charge is -2.31. The average Bonchev–Trinajstić information content (AvgIpc) is 2.72. The number of piperidine rings is 1. The Morgan fingerprint density at radius 2 is 1.69 bits per heavy atom. The van der Waals surface area contributed by atoms with Crippen LogP contribution in [0.15, 0.2) is 53.4 Å². The first kappa shape index (κ1) is 21.4. The summed E-state index contributed by atoms with van der Waals surface area (Å²) in [5.41, 5.74) is 0.825. The van der Waals surface area contributed by atoms with Gasteiger partial charge in [-0.1, -0.05) is 24.3 Å². The van der Waals surface area contributed by atoms with E-state index in [0.717, 1.165) is 11.6 Å². The van der Waals surface area contributed by atoms with Gasteiger partial charge in [0, 0.05) is 26.1 Å². The third-order valence-corrected chi connectivity index (χ3v) is 7.14. The molecule has 156 valence electrons. The van der Waals surface area contributed by atoms with Gasteiger partial charge < -0.3 is 5.32 Å². The minimum Gasteiger partial charge on any atom is -0.352 e. The monoisotopic (exact) mass is 422 g/mol. The van der Waals surface area contributed by atoms with E-state index >= 15 is 0 Å². The van der Waals surface area contributed by atoms with Crippen molar-refractivity contribution in [1.29, 1.82) is 0 Å². The molecule has 1 aliphatic rings. The minimum atomic E-state index is -3.84. The van der Waals surface area contributed by atoms with Crippen LogP contribution in [0, 0.1) is 17.6 Å². The highest BCUT2D eigenvalue weighted by atomic mass is 32.2. The van der Waals surface area contributed by atoms with Crippen molar-refractivity contribution >= 4 is 15.9 Å². The smallest absolute Gasteiger partial charge is 0.245 e. The quantitative estimate of drug-likeness (QED) is 0.743. The molecule has 1 N–H and O–H groups in total. The van der Waals surface area contributed by atoms with Gasteiger partial charge in [0.1, 0.15) is 16.5 Å². The number of hydrogen-bond acceptors (Lipinski definition) is 3. The number of sulfonamides is 1. The van der Waals surface area contributed by atoms with Crippen molar-refractivity contribution in [2.45, 2.75) is 37.1 Å². The Morgan fingerprint density at radius 3 is 2.34 bits per heavy atom. The number of amides is 1. The molecule has 1 amide bonds. The Hall–Kier alpha value is -2.32. The normalized spacial score (nSPS) is 15.9. The van der Waals surface area contributed by atoms with E-state index in [4.69, 9.17) is 0 Å². The van der Waals surface area contributed by atoms with Crippen molar-refractivity contribution in [2.75, 3.05) is 13.1 Å². The molecule has 0 spiro atoms. The second-order valence-corrected chi connectivity index (χ2v) is 9.13. The first-order valence-corrected chi connectivity index (χ1v) is 11.1. The molecule has 1 heterocycles. The Kier molecular flexibility index (Phi) is 6.97. The molecule has 0 bridgehead atoms. The number of benzene rings is 2. The van der Waals surface area contributed by atoms with Crippen LogP contribution in [0.3, 0.4) is 0 Å². The van der Waals surface area contributed by atoms with Crippen LogP contribution in [-0.2, 0) is 21.4 Å². The van der Waals surface area contributed by atoms with Crippen molar-refractivity contribution in [3.8, 4) is 0 Å². The molecule has 0 aromatic heterocycles. The predicted molar refractivity (Wildman–Crippen MR) is 105 cm³/mol. The topological polar surface area (TPSA) is 66.5 Å². The highest BCUT2D eigenvalue weighted by Gasteiger charge is 2.31. The standard InChI is InChI=1S/C21H24F2N2O3S/c22-18-8-5-17(6-9-18)15-24-21(26)10-7-16-11-13-25(14-12-16)29(27,28)20-4-2-1-3-19(20)23/h1-6,8-9,16H,7,10-15H2,(H,24,26). The third-order valence-electron chi connectivity index (χ3n) is 5.21. The van der Waals surface area contributed by atoms with E-state index in [1.165, 1.54) is 34.6 Å². The lowest BCUT2D eigenvalue weighted by Crippen LogP contribution is -2.39. The minimum absolute atomic E-state index is 0.0873. The van der Waals surface area contributed by atoms with Crippen molar-refractivity contribution in [2.24, 2.45) is 5.92 Å². The van der Waals surface area contributed by atoms with Crippen molar-refractivity contribution in [3.63, 3.8) is 0 Å². The maximum Gasteiger partial charge on any atom is 0.245 e. The predicted octanol–water partition coefficient (Wildman–Crippen LogP) is 3.46. The Bertz CT molecular complexity index is 941. The number of halogens is 2. The SMILES string of the molecule is O=C(CCC1CCN(S(=O)(=O)c2ccccc2F)CC1)NCc1ccc(F)cc1. The lowest BCUT2D eigenvalue weighted by atomic mass is 9.93. The molecule has 2 aromatic rings. The van der Waals surface area contributed by atoms with Crippen LogP contribution in [-0.4, -0.2) is 31.7 Å². The number of carbonyl (C=O) groups is 1. The van der Waals surface area contributed by atoms with Gasteiger partial charge >= 0.3 is 0 Å². The second kappa shape index (κ2) is 9.45. The highest BCUT2D eigenvalue weighted by Crippen LogP contribution is 2.27.